The molecule has 4 nitrogen and oxygen atoms in total. The zero-order valence-corrected chi connectivity index (χ0v) is 11.5. The standard InChI is InChI=1S/C14H14N2O2S/c1-10-7-8-11(2)12(9-10)15-19-14-6-4-3-5-13(14)16(17)18/h3-9,15H,1-2H3. The molecule has 0 aliphatic rings. The van der Waals surface area contributed by atoms with E-state index in [-0.39, 0.29) is 10.6 Å². The number of rotatable bonds is 4. The van der Waals surface area contributed by atoms with E-state index in [0.717, 1.165) is 16.8 Å². The van der Waals surface area contributed by atoms with Crippen molar-refractivity contribution in [3.63, 3.8) is 0 Å². The first-order chi connectivity index (χ1) is 9.08. The van der Waals surface area contributed by atoms with Crippen molar-refractivity contribution in [1.29, 1.82) is 0 Å². The zero-order chi connectivity index (χ0) is 13.8. The Kier molecular flexibility index (Phi) is 4.06. The van der Waals surface area contributed by atoms with Gasteiger partial charge in [-0.05, 0) is 49.1 Å². The van der Waals surface area contributed by atoms with Crippen LogP contribution in [-0.4, -0.2) is 4.92 Å². The van der Waals surface area contributed by atoms with Gasteiger partial charge in [-0.2, -0.15) is 0 Å². The molecule has 0 bridgehead atoms. The number of nitro benzene ring substituents is 1. The Bertz CT molecular complexity index is 614. The van der Waals surface area contributed by atoms with Crippen LogP contribution in [-0.2, 0) is 0 Å². The first kappa shape index (κ1) is 13.4. The number of aryl methyl sites for hydroxylation is 2. The highest BCUT2D eigenvalue weighted by Crippen LogP contribution is 2.30. The van der Waals surface area contributed by atoms with Crippen molar-refractivity contribution >= 4 is 23.3 Å². The normalized spacial score (nSPS) is 10.2. The van der Waals surface area contributed by atoms with E-state index < -0.39 is 0 Å². The molecule has 0 heterocycles. The smallest absolute Gasteiger partial charge is 0.284 e. The summed E-state index contributed by atoms with van der Waals surface area (Å²) in [6.45, 7) is 4.02. The van der Waals surface area contributed by atoms with E-state index in [1.54, 1.807) is 18.2 Å². The molecule has 0 radical (unpaired) electrons. The molecule has 0 aliphatic heterocycles. The second-order valence-corrected chi connectivity index (χ2v) is 5.10. The number of benzene rings is 2. The molecule has 0 fully saturated rings. The topological polar surface area (TPSA) is 55.2 Å². The van der Waals surface area contributed by atoms with Crippen molar-refractivity contribution in [2.24, 2.45) is 0 Å². The first-order valence-electron chi connectivity index (χ1n) is 5.81. The molecule has 0 saturated carbocycles. The molecule has 5 heteroatoms. The van der Waals surface area contributed by atoms with Gasteiger partial charge in [-0.25, -0.2) is 0 Å². The summed E-state index contributed by atoms with van der Waals surface area (Å²) >= 11 is 1.26. The average Bonchev–Trinajstić information content (AvgIpc) is 2.40. The van der Waals surface area contributed by atoms with Gasteiger partial charge in [-0.3, -0.25) is 10.1 Å². The third-order valence-electron chi connectivity index (χ3n) is 2.73. The number of nitro groups is 1. The summed E-state index contributed by atoms with van der Waals surface area (Å²) in [5.74, 6) is 0. The molecule has 0 amide bonds. The van der Waals surface area contributed by atoms with Crippen LogP contribution in [0.2, 0.25) is 0 Å². The van der Waals surface area contributed by atoms with E-state index in [0.29, 0.717) is 4.90 Å². The summed E-state index contributed by atoms with van der Waals surface area (Å²) in [4.78, 5) is 11.2. The molecule has 98 valence electrons. The number of para-hydroxylation sites is 1. The van der Waals surface area contributed by atoms with Crippen LogP contribution in [0.15, 0.2) is 47.4 Å². The fourth-order valence-corrected chi connectivity index (χ4v) is 2.48. The highest BCUT2D eigenvalue weighted by Gasteiger charge is 2.13. The third kappa shape index (κ3) is 3.26. The van der Waals surface area contributed by atoms with E-state index in [4.69, 9.17) is 0 Å². The first-order valence-corrected chi connectivity index (χ1v) is 6.63. The summed E-state index contributed by atoms with van der Waals surface area (Å²) in [5, 5.41) is 10.9. The summed E-state index contributed by atoms with van der Waals surface area (Å²) < 4.78 is 3.18. The van der Waals surface area contributed by atoms with Gasteiger partial charge < -0.3 is 4.72 Å². The number of nitrogens with zero attached hydrogens (tertiary/aromatic N) is 1. The molecule has 1 N–H and O–H groups in total. The molecule has 2 aromatic rings. The minimum Gasteiger partial charge on any atom is -0.325 e. The minimum absolute atomic E-state index is 0.116. The molecule has 0 aromatic heterocycles. The van der Waals surface area contributed by atoms with E-state index in [1.807, 2.05) is 32.0 Å². The molecular weight excluding hydrogens is 260 g/mol. The Balaban J connectivity index is 2.19. The number of hydrogen-bond acceptors (Lipinski definition) is 4. The fourth-order valence-electron chi connectivity index (χ4n) is 1.65. The highest BCUT2D eigenvalue weighted by atomic mass is 32.2. The zero-order valence-electron chi connectivity index (χ0n) is 10.7. The molecule has 2 aromatic carbocycles. The largest absolute Gasteiger partial charge is 0.325 e. The van der Waals surface area contributed by atoms with Crippen LogP contribution in [0.4, 0.5) is 11.4 Å². The van der Waals surface area contributed by atoms with Gasteiger partial charge >= 0.3 is 0 Å². The van der Waals surface area contributed by atoms with Crippen LogP contribution < -0.4 is 4.72 Å². The maximum atomic E-state index is 10.9. The molecule has 19 heavy (non-hydrogen) atoms. The van der Waals surface area contributed by atoms with Crippen molar-refractivity contribution in [3.05, 3.63) is 63.7 Å². The van der Waals surface area contributed by atoms with Crippen molar-refractivity contribution in [2.75, 3.05) is 4.72 Å². The van der Waals surface area contributed by atoms with Gasteiger partial charge in [0.25, 0.3) is 5.69 Å². The molecular formula is C14H14N2O2S. The van der Waals surface area contributed by atoms with Crippen LogP contribution in [0.25, 0.3) is 0 Å². The van der Waals surface area contributed by atoms with Gasteiger partial charge in [0, 0.05) is 11.8 Å². The van der Waals surface area contributed by atoms with Gasteiger partial charge in [-0.15, -0.1) is 0 Å². The van der Waals surface area contributed by atoms with Crippen molar-refractivity contribution in [2.45, 2.75) is 18.7 Å². The van der Waals surface area contributed by atoms with Crippen LogP contribution in [0.5, 0.6) is 0 Å². The van der Waals surface area contributed by atoms with Crippen molar-refractivity contribution in [1.82, 2.24) is 0 Å². The van der Waals surface area contributed by atoms with Crippen LogP contribution in [0, 0.1) is 24.0 Å². The van der Waals surface area contributed by atoms with Crippen LogP contribution >= 0.6 is 11.9 Å². The van der Waals surface area contributed by atoms with E-state index in [2.05, 4.69) is 4.72 Å². The quantitative estimate of drug-likeness (QED) is 0.512. The van der Waals surface area contributed by atoms with Crippen molar-refractivity contribution < 1.29 is 4.92 Å². The highest BCUT2D eigenvalue weighted by molar-refractivity contribution is 8.00. The van der Waals surface area contributed by atoms with E-state index in [9.17, 15) is 10.1 Å². The Morgan fingerprint density at radius 3 is 2.63 bits per heavy atom. The minimum atomic E-state index is -0.368. The number of anilines is 1. The molecule has 2 rings (SSSR count). The average molecular weight is 274 g/mol. The molecule has 0 saturated heterocycles. The van der Waals surface area contributed by atoms with Gasteiger partial charge in [0.2, 0.25) is 0 Å². The second kappa shape index (κ2) is 5.75. The lowest BCUT2D eigenvalue weighted by Crippen LogP contribution is -1.94. The lowest BCUT2D eigenvalue weighted by Gasteiger charge is -2.09. The van der Waals surface area contributed by atoms with Crippen LogP contribution in [0.1, 0.15) is 11.1 Å². The molecule has 0 spiro atoms. The maximum absolute atomic E-state index is 10.9. The Labute approximate surface area is 116 Å². The van der Waals surface area contributed by atoms with Gasteiger partial charge in [0.15, 0.2) is 0 Å². The fraction of sp³-hybridized carbons (Fsp3) is 0.143. The summed E-state index contributed by atoms with van der Waals surface area (Å²) in [5.41, 5.74) is 3.35. The maximum Gasteiger partial charge on any atom is 0.284 e. The van der Waals surface area contributed by atoms with Gasteiger partial charge in [0.05, 0.1) is 4.92 Å². The van der Waals surface area contributed by atoms with Gasteiger partial charge in [0.1, 0.15) is 4.90 Å². The van der Waals surface area contributed by atoms with Crippen molar-refractivity contribution in [3.8, 4) is 0 Å². The monoisotopic (exact) mass is 274 g/mol. The molecule has 0 unspecified atom stereocenters. The van der Waals surface area contributed by atoms with E-state index >= 15 is 0 Å². The predicted octanol–water partition coefficient (Wildman–Crippen LogP) is 4.33. The number of nitrogens with one attached hydrogen (secondary N) is 1. The predicted molar refractivity (Wildman–Crippen MR) is 78.5 cm³/mol. The van der Waals surface area contributed by atoms with Gasteiger partial charge in [-0.1, -0.05) is 24.3 Å². The SMILES string of the molecule is Cc1ccc(C)c(NSc2ccccc2[N+](=O)[O-])c1. The Morgan fingerprint density at radius 2 is 1.89 bits per heavy atom. The Morgan fingerprint density at radius 1 is 1.16 bits per heavy atom. The summed E-state index contributed by atoms with van der Waals surface area (Å²) in [6, 6.07) is 12.8. The summed E-state index contributed by atoms with van der Waals surface area (Å²) in [6.07, 6.45) is 0. The Hall–Kier alpha value is -2.01. The van der Waals surface area contributed by atoms with Crippen LogP contribution in [0.3, 0.4) is 0 Å². The third-order valence-corrected chi connectivity index (χ3v) is 3.61. The number of hydrogen-bond donors (Lipinski definition) is 1. The van der Waals surface area contributed by atoms with E-state index in [1.165, 1.54) is 18.0 Å². The second-order valence-electron chi connectivity index (χ2n) is 4.25. The molecule has 0 atom stereocenters. The summed E-state index contributed by atoms with van der Waals surface area (Å²) in [7, 11) is 0. The lowest BCUT2D eigenvalue weighted by atomic mass is 10.1. The molecule has 0 aliphatic carbocycles. The lowest BCUT2D eigenvalue weighted by molar-refractivity contribution is -0.387.